The van der Waals surface area contributed by atoms with Gasteiger partial charge in [0.25, 0.3) is 0 Å². The fraction of sp³-hybridized carbons (Fsp3) is 0.812. The molecule has 2 amide bonds. The number of fused-ring (bicyclic) bond motifs is 1. The normalized spacial score (nSPS) is 29.9. The van der Waals surface area contributed by atoms with Gasteiger partial charge in [-0.3, -0.25) is 14.4 Å². The molecule has 7 nitrogen and oxygen atoms in total. The lowest BCUT2D eigenvalue weighted by molar-refractivity contribution is -0.157. The van der Waals surface area contributed by atoms with Crippen LogP contribution in [0.25, 0.3) is 0 Å². The van der Waals surface area contributed by atoms with Crippen molar-refractivity contribution in [2.45, 2.75) is 32.1 Å². The Hall–Kier alpha value is -1.63. The van der Waals surface area contributed by atoms with Gasteiger partial charge in [-0.2, -0.15) is 0 Å². The molecule has 3 rings (SSSR count). The molecule has 1 saturated carbocycles. The van der Waals surface area contributed by atoms with Crippen LogP contribution in [0.2, 0.25) is 0 Å². The second-order valence-corrected chi connectivity index (χ2v) is 6.93. The third-order valence-corrected chi connectivity index (χ3v) is 5.30. The number of carbonyl (C=O) groups excluding carboxylic acids is 2. The van der Waals surface area contributed by atoms with Crippen LogP contribution in [0.4, 0.5) is 0 Å². The predicted molar refractivity (Wildman–Crippen MR) is 80.5 cm³/mol. The molecular formula is C16H24N2O5. The maximum Gasteiger partial charge on any atom is 0.311 e. The Bertz CT molecular complexity index is 505. The lowest BCUT2D eigenvalue weighted by Crippen LogP contribution is -2.45. The summed E-state index contributed by atoms with van der Waals surface area (Å²) in [5.74, 6) is -0.694. The van der Waals surface area contributed by atoms with Crippen LogP contribution in [0, 0.1) is 17.3 Å². The molecule has 0 aromatic rings. The summed E-state index contributed by atoms with van der Waals surface area (Å²) in [6.07, 6.45) is 3.34. The van der Waals surface area contributed by atoms with E-state index in [9.17, 15) is 19.5 Å². The largest absolute Gasteiger partial charge is 0.481 e. The first-order chi connectivity index (χ1) is 11.0. The maximum atomic E-state index is 12.3. The van der Waals surface area contributed by atoms with E-state index in [4.69, 9.17) is 4.74 Å². The number of nitrogens with zero attached hydrogens (tertiary/aromatic N) is 1. The molecule has 0 radical (unpaired) electrons. The van der Waals surface area contributed by atoms with Gasteiger partial charge in [-0.1, -0.05) is 0 Å². The van der Waals surface area contributed by atoms with E-state index in [1.54, 1.807) is 4.90 Å². The first-order valence-corrected chi connectivity index (χ1v) is 8.39. The highest BCUT2D eigenvalue weighted by molar-refractivity contribution is 5.82. The number of amides is 2. The monoisotopic (exact) mass is 324 g/mol. The van der Waals surface area contributed by atoms with E-state index >= 15 is 0 Å². The Kier molecular flexibility index (Phi) is 4.57. The number of hydrogen-bond donors (Lipinski definition) is 2. The van der Waals surface area contributed by atoms with Gasteiger partial charge in [-0.05, 0) is 25.7 Å². The zero-order chi connectivity index (χ0) is 16.4. The average molecular weight is 324 g/mol. The highest BCUT2D eigenvalue weighted by Crippen LogP contribution is 2.42. The number of rotatable bonds is 6. The van der Waals surface area contributed by atoms with Gasteiger partial charge >= 0.3 is 5.97 Å². The standard InChI is InChI=1S/C16H24N2O5/c19-13(2-1-6-17-14(20)11-3-4-11)18-8-12-9-23-7-5-16(12,10-18)15(21)22/h11-12H,1-10H2,(H,17,20)(H,21,22)/t12-,16+/m0/s1. The van der Waals surface area contributed by atoms with Gasteiger partial charge in [0, 0.05) is 44.5 Å². The summed E-state index contributed by atoms with van der Waals surface area (Å²) >= 11 is 0. The Labute approximate surface area is 135 Å². The van der Waals surface area contributed by atoms with Crippen molar-refractivity contribution in [1.82, 2.24) is 10.2 Å². The summed E-state index contributed by atoms with van der Waals surface area (Å²) in [6, 6.07) is 0. The molecule has 2 heterocycles. The first-order valence-electron chi connectivity index (χ1n) is 8.39. The Morgan fingerprint density at radius 2 is 2.09 bits per heavy atom. The van der Waals surface area contributed by atoms with Crippen LogP contribution >= 0.6 is 0 Å². The Balaban J connectivity index is 1.46. The minimum absolute atomic E-state index is 0.0271. The van der Waals surface area contributed by atoms with E-state index in [1.807, 2.05) is 0 Å². The van der Waals surface area contributed by atoms with E-state index in [2.05, 4.69) is 5.32 Å². The van der Waals surface area contributed by atoms with Crippen LogP contribution in [-0.4, -0.2) is 60.6 Å². The number of carbonyl (C=O) groups is 3. The van der Waals surface area contributed by atoms with Crippen LogP contribution in [-0.2, 0) is 19.1 Å². The topological polar surface area (TPSA) is 95.9 Å². The van der Waals surface area contributed by atoms with Gasteiger partial charge in [0.1, 0.15) is 0 Å². The fourth-order valence-corrected chi connectivity index (χ4v) is 3.59. The third kappa shape index (κ3) is 3.34. The molecule has 0 unspecified atom stereocenters. The van der Waals surface area contributed by atoms with Crippen LogP contribution in [0.1, 0.15) is 32.1 Å². The number of hydrogen-bond acceptors (Lipinski definition) is 4. The quantitative estimate of drug-likeness (QED) is 0.683. The van der Waals surface area contributed by atoms with Crippen molar-refractivity contribution < 1.29 is 24.2 Å². The van der Waals surface area contributed by atoms with Crippen molar-refractivity contribution in [2.24, 2.45) is 17.3 Å². The number of likely N-dealkylation sites (tertiary alicyclic amines) is 1. The van der Waals surface area contributed by atoms with Gasteiger partial charge in [-0.15, -0.1) is 0 Å². The molecule has 0 aromatic carbocycles. The maximum absolute atomic E-state index is 12.3. The van der Waals surface area contributed by atoms with Gasteiger partial charge in [0.2, 0.25) is 11.8 Å². The van der Waals surface area contributed by atoms with Gasteiger partial charge in [-0.25, -0.2) is 0 Å². The molecule has 0 bridgehead atoms. The lowest BCUT2D eigenvalue weighted by Gasteiger charge is -2.33. The van der Waals surface area contributed by atoms with Gasteiger partial charge < -0.3 is 20.1 Å². The minimum Gasteiger partial charge on any atom is -0.481 e. The van der Waals surface area contributed by atoms with E-state index < -0.39 is 11.4 Å². The lowest BCUT2D eigenvalue weighted by atomic mass is 9.74. The smallest absolute Gasteiger partial charge is 0.311 e. The van der Waals surface area contributed by atoms with Crippen molar-refractivity contribution >= 4 is 17.8 Å². The SMILES string of the molecule is O=C(NCCCC(=O)N1C[C@H]2COCC[C@@]2(C(=O)O)C1)C1CC1. The summed E-state index contributed by atoms with van der Waals surface area (Å²) in [7, 11) is 0. The van der Waals surface area contributed by atoms with E-state index in [-0.39, 0.29) is 30.2 Å². The highest BCUT2D eigenvalue weighted by Gasteiger charge is 2.54. The van der Waals surface area contributed by atoms with Crippen LogP contribution in [0.15, 0.2) is 0 Å². The minimum atomic E-state index is -0.839. The van der Waals surface area contributed by atoms with Crippen molar-refractivity contribution in [1.29, 1.82) is 0 Å². The molecule has 3 aliphatic rings. The molecule has 2 N–H and O–H groups in total. The summed E-state index contributed by atoms with van der Waals surface area (Å²) in [5.41, 5.74) is -0.839. The van der Waals surface area contributed by atoms with Crippen LogP contribution in [0.3, 0.4) is 0 Å². The zero-order valence-corrected chi connectivity index (χ0v) is 13.3. The summed E-state index contributed by atoms with van der Waals surface area (Å²) in [6.45, 7) is 2.10. The number of carboxylic acid groups (broad SMARTS) is 1. The highest BCUT2D eigenvalue weighted by atomic mass is 16.5. The Morgan fingerprint density at radius 3 is 2.74 bits per heavy atom. The molecule has 0 spiro atoms. The first kappa shape index (κ1) is 16.2. The Morgan fingerprint density at radius 1 is 1.30 bits per heavy atom. The predicted octanol–water partition coefficient (Wildman–Crippen LogP) is 0.243. The molecule has 7 heteroatoms. The van der Waals surface area contributed by atoms with Crippen molar-refractivity contribution in [3.05, 3.63) is 0 Å². The van der Waals surface area contributed by atoms with E-state index in [1.165, 1.54) is 0 Å². The van der Waals surface area contributed by atoms with Crippen molar-refractivity contribution in [2.75, 3.05) is 32.8 Å². The van der Waals surface area contributed by atoms with E-state index in [0.29, 0.717) is 45.6 Å². The summed E-state index contributed by atoms with van der Waals surface area (Å²) in [4.78, 5) is 37.2. The molecule has 2 saturated heterocycles. The number of ether oxygens (including phenoxy) is 1. The zero-order valence-electron chi connectivity index (χ0n) is 13.3. The molecule has 0 aromatic heterocycles. The van der Waals surface area contributed by atoms with Crippen LogP contribution in [0.5, 0.6) is 0 Å². The van der Waals surface area contributed by atoms with Gasteiger partial charge in [0.05, 0.1) is 12.0 Å². The molecule has 128 valence electrons. The second kappa shape index (κ2) is 6.47. The molecular weight excluding hydrogens is 300 g/mol. The number of carboxylic acids is 1. The molecule has 1 aliphatic carbocycles. The molecule has 2 aliphatic heterocycles. The van der Waals surface area contributed by atoms with Gasteiger partial charge in [0.15, 0.2) is 0 Å². The van der Waals surface area contributed by atoms with Crippen molar-refractivity contribution in [3.8, 4) is 0 Å². The number of aliphatic carboxylic acids is 1. The van der Waals surface area contributed by atoms with Crippen molar-refractivity contribution in [3.63, 3.8) is 0 Å². The fourth-order valence-electron chi connectivity index (χ4n) is 3.59. The average Bonchev–Trinajstić information content (AvgIpc) is 3.30. The number of nitrogens with one attached hydrogen (secondary N) is 1. The van der Waals surface area contributed by atoms with E-state index in [0.717, 1.165) is 12.8 Å². The van der Waals surface area contributed by atoms with Crippen LogP contribution < -0.4 is 5.32 Å². The second-order valence-electron chi connectivity index (χ2n) is 6.93. The molecule has 3 fully saturated rings. The molecule has 2 atom stereocenters. The summed E-state index contributed by atoms with van der Waals surface area (Å²) in [5, 5.41) is 12.4. The summed E-state index contributed by atoms with van der Waals surface area (Å²) < 4.78 is 5.39. The molecule has 23 heavy (non-hydrogen) atoms. The third-order valence-electron chi connectivity index (χ3n) is 5.30.